The Morgan fingerprint density at radius 2 is 2.38 bits per heavy atom. The average Bonchev–Trinajstić information content (AvgIpc) is 2.86. The summed E-state index contributed by atoms with van der Waals surface area (Å²) in [7, 11) is 0. The van der Waals surface area contributed by atoms with E-state index in [1.54, 1.807) is 0 Å². The Morgan fingerprint density at radius 1 is 1.52 bits per heavy atom. The number of hydrogen-bond acceptors (Lipinski definition) is 5. The maximum absolute atomic E-state index is 12.2. The van der Waals surface area contributed by atoms with Gasteiger partial charge in [0.1, 0.15) is 11.4 Å². The van der Waals surface area contributed by atoms with Crippen molar-refractivity contribution in [2.45, 2.75) is 25.4 Å². The number of nitrogens with one attached hydrogen (secondary N) is 1. The summed E-state index contributed by atoms with van der Waals surface area (Å²) in [6, 6.07) is 5.55. The van der Waals surface area contributed by atoms with E-state index in [0.29, 0.717) is 12.2 Å². The highest BCUT2D eigenvalue weighted by Crippen LogP contribution is 2.38. The normalized spacial score (nSPS) is 24.5. The minimum atomic E-state index is -0.697. The molecule has 1 saturated heterocycles. The largest absolute Gasteiger partial charge is 0.389 e. The van der Waals surface area contributed by atoms with Gasteiger partial charge in [0.05, 0.1) is 29.2 Å². The van der Waals surface area contributed by atoms with Gasteiger partial charge in [0, 0.05) is 6.54 Å². The number of aliphatic hydroxyl groups is 1. The van der Waals surface area contributed by atoms with Gasteiger partial charge in [0.25, 0.3) is 0 Å². The highest BCUT2D eigenvalue weighted by Gasteiger charge is 2.29. The van der Waals surface area contributed by atoms with Crippen molar-refractivity contribution in [3.63, 3.8) is 0 Å². The van der Waals surface area contributed by atoms with E-state index in [1.807, 2.05) is 30.0 Å². The van der Waals surface area contributed by atoms with Crippen molar-refractivity contribution in [3.05, 3.63) is 18.2 Å². The molecule has 1 amide bonds. The Kier molecular flexibility index (Phi) is 3.88. The van der Waals surface area contributed by atoms with Gasteiger partial charge in [0.2, 0.25) is 5.91 Å². The summed E-state index contributed by atoms with van der Waals surface area (Å²) in [5, 5.41) is 13.0. The molecule has 2 aliphatic heterocycles. The SMILES string of the molecule is CC1(O)CCCN(CC(=O)Nc2cccc3c2N=S=N3)C1. The topological polar surface area (TPSA) is 77.3 Å². The molecule has 1 aromatic carbocycles. The fraction of sp³-hybridized carbons (Fsp3) is 0.500. The number of nitrogens with zero attached hydrogens (tertiary/aromatic N) is 3. The Hall–Kier alpha value is -1.57. The third-order valence-corrected chi connectivity index (χ3v) is 4.22. The summed E-state index contributed by atoms with van der Waals surface area (Å²) in [6.45, 7) is 3.47. The van der Waals surface area contributed by atoms with E-state index in [9.17, 15) is 9.90 Å². The summed E-state index contributed by atoms with van der Waals surface area (Å²) in [6.07, 6.45) is 1.70. The van der Waals surface area contributed by atoms with Crippen LogP contribution < -0.4 is 5.32 Å². The van der Waals surface area contributed by atoms with Crippen LogP contribution in [0.3, 0.4) is 0 Å². The Bertz CT molecular complexity index is 638. The van der Waals surface area contributed by atoms with Crippen LogP contribution >= 0.6 is 0 Å². The van der Waals surface area contributed by atoms with Crippen LogP contribution in [0.5, 0.6) is 0 Å². The quantitative estimate of drug-likeness (QED) is 0.912. The summed E-state index contributed by atoms with van der Waals surface area (Å²) < 4.78 is 8.36. The van der Waals surface area contributed by atoms with Crippen LogP contribution in [-0.2, 0) is 16.1 Å². The molecular formula is C14H18N4O2S. The van der Waals surface area contributed by atoms with Gasteiger partial charge in [-0.2, -0.15) is 8.73 Å². The third kappa shape index (κ3) is 3.37. The van der Waals surface area contributed by atoms with Crippen LogP contribution in [0.2, 0.25) is 0 Å². The van der Waals surface area contributed by atoms with Crippen molar-refractivity contribution in [1.82, 2.24) is 4.90 Å². The lowest BCUT2D eigenvalue weighted by atomic mass is 9.95. The maximum atomic E-state index is 12.2. The van der Waals surface area contributed by atoms with E-state index in [4.69, 9.17) is 0 Å². The first-order valence-electron chi connectivity index (χ1n) is 6.99. The molecule has 21 heavy (non-hydrogen) atoms. The fourth-order valence-corrected chi connectivity index (χ4v) is 3.31. The highest BCUT2D eigenvalue weighted by atomic mass is 32.1. The number of carbonyl (C=O) groups excluding carboxylic acids is 1. The first kappa shape index (κ1) is 14.4. The molecule has 0 spiro atoms. The molecule has 1 unspecified atom stereocenters. The number of β-amino-alcohol motifs (C(OH)–C–C–N with tert-alkyl or cyclic N) is 1. The molecule has 0 bridgehead atoms. The molecule has 2 heterocycles. The summed E-state index contributed by atoms with van der Waals surface area (Å²) in [5.41, 5.74) is 1.51. The smallest absolute Gasteiger partial charge is 0.238 e. The molecule has 0 aromatic heterocycles. The molecule has 2 N–H and O–H groups in total. The maximum Gasteiger partial charge on any atom is 0.238 e. The van der Waals surface area contributed by atoms with Crippen molar-refractivity contribution >= 4 is 34.3 Å². The van der Waals surface area contributed by atoms with E-state index < -0.39 is 5.60 Å². The number of likely N-dealkylation sites (tertiary alicyclic amines) is 1. The second-order valence-corrected chi connectivity index (χ2v) is 6.33. The van der Waals surface area contributed by atoms with Crippen molar-refractivity contribution < 1.29 is 9.90 Å². The Morgan fingerprint density at radius 3 is 3.19 bits per heavy atom. The van der Waals surface area contributed by atoms with E-state index in [0.717, 1.165) is 42.1 Å². The predicted molar refractivity (Wildman–Crippen MR) is 82.9 cm³/mol. The van der Waals surface area contributed by atoms with Crippen molar-refractivity contribution in [3.8, 4) is 0 Å². The standard InChI is InChI=1S/C14H18N4O2S/c1-14(20)6-3-7-18(9-14)8-12(19)15-10-4-2-5-11-13(10)17-21-16-11/h2,4-5,20H,3,6-9H2,1H3,(H,15,19). The van der Waals surface area contributed by atoms with E-state index in [1.165, 1.54) is 0 Å². The zero-order valence-electron chi connectivity index (χ0n) is 11.9. The molecule has 7 heteroatoms. The van der Waals surface area contributed by atoms with Gasteiger partial charge >= 0.3 is 0 Å². The lowest BCUT2D eigenvalue weighted by molar-refractivity contribution is -0.118. The molecule has 0 radical (unpaired) electrons. The molecular weight excluding hydrogens is 288 g/mol. The zero-order chi connectivity index (χ0) is 14.9. The van der Waals surface area contributed by atoms with Gasteiger partial charge in [0.15, 0.2) is 0 Å². The number of anilines is 1. The minimum Gasteiger partial charge on any atom is -0.389 e. The van der Waals surface area contributed by atoms with E-state index in [-0.39, 0.29) is 12.5 Å². The van der Waals surface area contributed by atoms with Crippen LogP contribution in [0.4, 0.5) is 17.1 Å². The molecule has 0 saturated carbocycles. The summed E-state index contributed by atoms with van der Waals surface area (Å²) >= 11 is 1.13. The van der Waals surface area contributed by atoms with Gasteiger partial charge in [-0.25, -0.2) is 0 Å². The molecule has 112 valence electrons. The molecule has 1 aromatic rings. The van der Waals surface area contributed by atoms with Crippen LogP contribution in [0, 0.1) is 0 Å². The first-order valence-corrected chi connectivity index (χ1v) is 7.72. The number of rotatable bonds is 3. The molecule has 1 atom stereocenters. The van der Waals surface area contributed by atoms with Crippen molar-refractivity contribution in [2.24, 2.45) is 8.73 Å². The van der Waals surface area contributed by atoms with Gasteiger partial charge in [-0.05, 0) is 38.4 Å². The number of hydrogen-bond donors (Lipinski definition) is 2. The number of benzene rings is 1. The van der Waals surface area contributed by atoms with Crippen LogP contribution in [-0.4, -0.2) is 41.1 Å². The molecule has 6 nitrogen and oxygen atoms in total. The van der Waals surface area contributed by atoms with Gasteiger partial charge < -0.3 is 10.4 Å². The monoisotopic (exact) mass is 306 g/mol. The molecule has 1 fully saturated rings. The lowest BCUT2D eigenvalue weighted by Gasteiger charge is -2.36. The third-order valence-electron chi connectivity index (χ3n) is 3.68. The van der Waals surface area contributed by atoms with Gasteiger partial charge in [-0.15, -0.1) is 0 Å². The average molecular weight is 306 g/mol. The summed E-state index contributed by atoms with van der Waals surface area (Å²) in [4.78, 5) is 14.2. The van der Waals surface area contributed by atoms with E-state index >= 15 is 0 Å². The van der Waals surface area contributed by atoms with Crippen LogP contribution in [0.1, 0.15) is 19.8 Å². The second kappa shape index (κ2) is 5.67. The molecule has 0 aliphatic carbocycles. The number of piperidine rings is 1. The van der Waals surface area contributed by atoms with Crippen LogP contribution in [0.25, 0.3) is 0 Å². The fourth-order valence-electron chi connectivity index (χ4n) is 2.76. The zero-order valence-corrected chi connectivity index (χ0v) is 12.7. The van der Waals surface area contributed by atoms with Gasteiger partial charge in [-0.1, -0.05) is 6.07 Å². The van der Waals surface area contributed by atoms with Gasteiger partial charge in [-0.3, -0.25) is 9.69 Å². The van der Waals surface area contributed by atoms with Crippen molar-refractivity contribution in [1.29, 1.82) is 0 Å². The first-order chi connectivity index (χ1) is 10.0. The Labute approximate surface area is 127 Å². The lowest BCUT2D eigenvalue weighted by Crippen LogP contribution is -2.48. The summed E-state index contributed by atoms with van der Waals surface area (Å²) in [5.74, 6) is -0.0896. The van der Waals surface area contributed by atoms with E-state index in [2.05, 4.69) is 14.0 Å². The predicted octanol–water partition coefficient (Wildman–Crippen LogP) is 2.20. The van der Waals surface area contributed by atoms with Crippen molar-refractivity contribution in [2.75, 3.05) is 25.0 Å². The number of carbonyl (C=O) groups is 1. The van der Waals surface area contributed by atoms with Crippen LogP contribution in [0.15, 0.2) is 26.9 Å². The highest BCUT2D eigenvalue weighted by molar-refractivity contribution is 7.58. The number of fused-ring (bicyclic) bond motifs is 1. The molecule has 2 aliphatic rings. The molecule has 3 rings (SSSR count). The Balaban J connectivity index is 1.63. The minimum absolute atomic E-state index is 0.0896. The number of amides is 1. The second-order valence-electron chi connectivity index (χ2n) is 5.80.